The van der Waals surface area contributed by atoms with Crippen molar-refractivity contribution in [3.05, 3.63) is 59.0 Å². The lowest BCUT2D eigenvalue weighted by atomic mass is 10.0. The summed E-state index contributed by atoms with van der Waals surface area (Å²) in [5.41, 5.74) is 4.05. The molecule has 0 radical (unpaired) electrons. The Bertz CT molecular complexity index is 453. The fraction of sp³-hybridized carbons (Fsp3) is 0.333. The number of furan rings is 1. The number of rotatable bonds is 4. The monoisotopic (exact) mass is 229 g/mol. The molecule has 0 saturated heterocycles. The molecule has 0 saturated carbocycles. The largest absolute Gasteiger partial charge is 0.468 e. The van der Waals surface area contributed by atoms with E-state index in [0.29, 0.717) is 0 Å². The van der Waals surface area contributed by atoms with Gasteiger partial charge in [-0.2, -0.15) is 0 Å². The van der Waals surface area contributed by atoms with Gasteiger partial charge in [0.1, 0.15) is 5.76 Å². The van der Waals surface area contributed by atoms with Gasteiger partial charge in [0.2, 0.25) is 0 Å². The lowest BCUT2D eigenvalue weighted by Crippen LogP contribution is -2.18. The topological polar surface area (TPSA) is 25.2 Å². The lowest BCUT2D eigenvalue weighted by Gasteiger charge is -2.14. The molecule has 2 rings (SSSR count). The summed E-state index contributed by atoms with van der Waals surface area (Å²) in [5.74, 6) is 0.983. The summed E-state index contributed by atoms with van der Waals surface area (Å²) in [7, 11) is 0. The van der Waals surface area contributed by atoms with Gasteiger partial charge < -0.3 is 9.73 Å². The normalized spacial score (nSPS) is 12.6. The Labute approximate surface area is 103 Å². The van der Waals surface area contributed by atoms with E-state index in [-0.39, 0.29) is 6.04 Å². The highest BCUT2D eigenvalue weighted by atomic mass is 16.3. The molecule has 0 aliphatic heterocycles. The van der Waals surface area contributed by atoms with Gasteiger partial charge in [0, 0.05) is 6.54 Å². The molecule has 1 aromatic heterocycles. The van der Waals surface area contributed by atoms with Crippen LogP contribution in [0.1, 0.15) is 35.4 Å². The lowest BCUT2D eigenvalue weighted by molar-refractivity contribution is 0.429. The van der Waals surface area contributed by atoms with Gasteiger partial charge >= 0.3 is 0 Å². The molecular weight excluding hydrogens is 210 g/mol. The number of benzene rings is 1. The van der Waals surface area contributed by atoms with Gasteiger partial charge in [0.25, 0.3) is 0 Å². The summed E-state index contributed by atoms with van der Waals surface area (Å²) in [6.07, 6.45) is 1.71. The molecule has 1 aromatic carbocycles. The Morgan fingerprint density at radius 2 is 1.82 bits per heavy atom. The summed E-state index contributed by atoms with van der Waals surface area (Å²) in [5, 5.41) is 3.49. The van der Waals surface area contributed by atoms with E-state index in [1.54, 1.807) is 6.26 Å². The van der Waals surface area contributed by atoms with Crippen LogP contribution in [-0.2, 0) is 6.54 Å². The van der Waals surface area contributed by atoms with Gasteiger partial charge in [-0.05, 0) is 49.6 Å². The minimum Gasteiger partial charge on any atom is -0.468 e. The standard InChI is InChI=1S/C15H19NO/c1-11-6-4-7-12(2)14(11)10-16-13(3)15-8-5-9-17-15/h4-9,13,16H,10H2,1-3H3. The highest BCUT2D eigenvalue weighted by Crippen LogP contribution is 2.16. The third kappa shape index (κ3) is 2.77. The van der Waals surface area contributed by atoms with E-state index in [1.165, 1.54) is 16.7 Å². The van der Waals surface area contributed by atoms with Crippen LogP contribution in [0.2, 0.25) is 0 Å². The Morgan fingerprint density at radius 3 is 2.41 bits per heavy atom. The summed E-state index contributed by atoms with van der Waals surface area (Å²) < 4.78 is 5.38. The first-order valence-corrected chi connectivity index (χ1v) is 6.00. The summed E-state index contributed by atoms with van der Waals surface area (Å²) in [4.78, 5) is 0. The Hall–Kier alpha value is -1.54. The molecule has 0 aliphatic carbocycles. The van der Waals surface area contributed by atoms with Crippen LogP contribution in [-0.4, -0.2) is 0 Å². The van der Waals surface area contributed by atoms with Crippen LogP contribution in [0.4, 0.5) is 0 Å². The first-order valence-electron chi connectivity index (χ1n) is 6.00. The van der Waals surface area contributed by atoms with Crippen LogP contribution in [0, 0.1) is 13.8 Å². The van der Waals surface area contributed by atoms with Gasteiger partial charge in [0.15, 0.2) is 0 Å². The molecule has 90 valence electrons. The third-order valence-electron chi connectivity index (χ3n) is 3.20. The molecule has 2 nitrogen and oxygen atoms in total. The average Bonchev–Trinajstić information content (AvgIpc) is 2.81. The zero-order valence-corrected chi connectivity index (χ0v) is 10.7. The van der Waals surface area contributed by atoms with Crippen molar-refractivity contribution >= 4 is 0 Å². The average molecular weight is 229 g/mol. The maximum atomic E-state index is 5.38. The summed E-state index contributed by atoms with van der Waals surface area (Å²) >= 11 is 0. The molecule has 1 unspecified atom stereocenters. The van der Waals surface area contributed by atoms with Crippen molar-refractivity contribution in [3.63, 3.8) is 0 Å². The molecule has 17 heavy (non-hydrogen) atoms. The van der Waals surface area contributed by atoms with Crippen molar-refractivity contribution < 1.29 is 4.42 Å². The SMILES string of the molecule is Cc1cccc(C)c1CNC(C)c1ccco1. The van der Waals surface area contributed by atoms with E-state index in [1.807, 2.05) is 12.1 Å². The Morgan fingerprint density at radius 1 is 1.12 bits per heavy atom. The molecule has 1 atom stereocenters. The van der Waals surface area contributed by atoms with E-state index in [4.69, 9.17) is 4.42 Å². The maximum absolute atomic E-state index is 5.38. The van der Waals surface area contributed by atoms with E-state index in [0.717, 1.165) is 12.3 Å². The fourth-order valence-corrected chi connectivity index (χ4v) is 2.02. The highest BCUT2D eigenvalue weighted by Gasteiger charge is 2.08. The molecule has 1 heterocycles. The van der Waals surface area contributed by atoms with Crippen LogP contribution in [0.25, 0.3) is 0 Å². The van der Waals surface area contributed by atoms with Gasteiger partial charge in [-0.3, -0.25) is 0 Å². The maximum Gasteiger partial charge on any atom is 0.120 e. The zero-order chi connectivity index (χ0) is 12.3. The first kappa shape index (κ1) is 11.9. The molecule has 2 aromatic rings. The van der Waals surface area contributed by atoms with Crippen LogP contribution in [0.15, 0.2) is 41.0 Å². The predicted molar refractivity (Wildman–Crippen MR) is 69.9 cm³/mol. The Kier molecular flexibility index (Phi) is 3.64. The second-order valence-corrected chi connectivity index (χ2v) is 4.49. The van der Waals surface area contributed by atoms with Crippen molar-refractivity contribution in [2.24, 2.45) is 0 Å². The van der Waals surface area contributed by atoms with Crippen molar-refractivity contribution in [2.45, 2.75) is 33.4 Å². The van der Waals surface area contributed by atoms with Crippen LogP contribution < -0.4 is 5.32 Å². The van der Waals surface area contributed by atoms with Gasteiger partial charge in [-0.1, -0.05) is 18.2 Å². The van der Waals surface area contributed by atoms with E-state index >= 15 is 0 Å². The molecule has 0 amide bonds. The minimum absolute atomic E-state index is 0.240. The molecular formula is C15H19NO. The minimum atomic E-state index is 0.240. The van der Waals surface area contributed by atoms with Gasteiger partial charge in [0.05, 0.1) is 12.3 Å². The van der Waals surface area contributed by atoms with Crippen LogP contribution >= 0.6 is 0 Å². The second-order valence-electron chi connectivity index (χ2n) is 4.49. The van der Waals surface area contributed by atoms with Crippen molar-refractivity contribution in [1.29, 1.82) is 0 Å². The van der Waals surface area contributed by atoms with Crippen molar-refractivity contribution in [3.8, 4) is 0 Å². The zero-order valence-electron chi connectivity index (χ0n) is 10.7. The molecule has 0 spiro atoms. The molecule has 2 heteroatoms. The molecule has 1 N–H and O–H groups in total. The van der Waals surface area contributed by atoms with E-state index < -0.39 is 0 Å². The number of hydrogen-bond donors (Lipinski definition) is 1. The number of aryl methyl sites for hydroxylation is 2. The Balaban J connectivity index is 2.03. The quantitative estimate of drug-likeness (QED) is 0.863. The molecule has 0 fully saturated rings. The summed E-state index contributed by atoms with van der Waals surface area (Å²) in [6.45, 7) is 7.30. The van der Waals surface area contributed by atoms with Crippen molar-refractivity contribution in [2.75, 3.05) is 0 Å². The molecule has 0 bridgehead atoms. The smallest absolute Gasteiger partial charge is 0.120 e. The first-order chi connectivity index (χ1) is 8.18. The van der Waals surface area contributed by atoms with Gasteiger partial charge in [-0.15, -0.1) is 0 Å². The van der Waals surface area contributed by atoms with Gasteiger partial charge in [-0.25, -0.2) is 0 Å². The fourth-order valence-electron chi connectivity index (χ4n) is 2.02. The van der Waals surface area contributed by atoms with Crippen LogP contribution in [0.3, 0.4) is 0 Å². The number of nitrogens with one attached hydrogen (secondary N) is 1. The number of hydrogen-bond acceptors (Lipinski definition) is 2. The van der Waals surface area contributed by atoms with Crippen molar-refractivity contribution in [1.82, 2.24) is 5.32 Å². The van der Waals surface area contributed by atoms with E-state index in [9.17, 15) is 0 Å². The second kappa shape index (κ2) is 5.19. The van der Waals surface area contributed by atoms with E-state index in [2.05, 4.69) is 44.3 Å². The molecule has 0 aliphatic rings. The third-order valence-corrected chi connectivity index (χ3v) is 3.20. The highest BCUT2D eigenvalue weighted by molar-refractivity contribution is 5.33. The summed E-state index contributed by atoms with van der Waals surface area (Å²) in [6, 6.07) is 10.6. The predicted octanol–water partition coefficient (Wildman–Crippen LogP) is 3.75. The van der Waals surface area contributed by atoms with Crippen LogP contribution in [0.5, 0.6) is 0 Å².